The van der Waals surface area contributed by atoms with Gasteiger partial charge in [-0.3, -0.25) is 0 Å². The summed E-state index contributed by atoms with van der Waals surface area (Å²) in [6.45, 7) is 0. The molecule has 56 heavy (non-hydrogen) atoms. The lowest BCUT2D eigenvalue weighted by atomic mass is 9.68. The molecule has 2 aliphatic rings. The first-order valence-electron chi connectivity index (χ1n) is 20.2. The molecule has 2 aliphatic carbocycles. The number of hydrogen-bond acceptors (Lipinski definition) is 0. The van der Waals surface area contributed by atoms with Crippen LogP contribution in [0.2, 0.25) is 0 Å². The van der Waals surface area contributed by atoms with Gasteiger partial charge in [0.25, 0.3) is 0 Å². The molecule has 0 N–H and O–H groups in total. The smallest absolute Gasteiger partial charge is 0.0547 e. The van der Waals surface area contributed by atoms with E-state index in [1.165, 1.54) is 126 Å². The van der Waals surface area contributed by atoms with E-state index in [2.05, 4.69) is 191 Å². The molecule has 0 aliphatic heterocycles. The number of hydrogen-bond donors (Lipinski definition) is 0. The van der Waals surface area contributed by atoms with E-state index in [0.29, 0.717) is 0 Å². The van der Waals surface area contributed by atoms with E-state index in [9.17, 15) is 0 Å². The highest BCUT2D eigenvalue weighted by molar-refractivity contribution is 6.14. The first-order valence-corrected chi connectivity index (χ1v) is 20.2. The highest BCUT2D eigenvalue weighted by Crippen LogP contribution is 2.57. The molecule has 8 aromatic carbocycles. The Bertz CT molecular complexity index is 3140. The zero-order valence-electron chi connectivity index (χ0n) is 31.3. The van der Waals surface area contributed by atoms with Crippen molar-refractivity contribution in [1.82, 2.24) is 9.13 Å². The van der Waals surface area contributed by atoms with Crippen LogP contribution in [0.5, 0.6) is 0 Å². The quantitative estimate of drug-likeness (QED) is 0.172. The van der Waals surface area contributed by atoms with E-state index in [4.69, 9.17) is 0 Å². The van der Waals surface area contributed by atoms with Crippen LogP contribution in [-0.2, 0) is 5.41 Å². The highest BCUT2D eigenvalue weighted by Gasteiger charge is 2.44. The Morgan fingerprint density at radius 1 is 0.321 bits per heavy atom. The van der Waals surface area contributed by atoms with E-state index in [1.807, 2.05) is 0 Å². The second-order valence-corrected chi connectivity index (χ2v) is 16.0. The van der Waals surface area contributed by atoms with E-state index in [1.54, 1.807) is 5.56 Å². The van der Waals surface area contributed by atoms with Gasteiger partial charge in [0.1, 0.15) is 0 Å². The van der Waals surface area contributed by atoms with Gasteiger partial charge in [-0.15, -0.1) is 0 Å². The Balaban J connectivity index is 1.05. The summed E-state index contributed by atoms with van der Waals surface area (Å²) in [4.78, 5) is 0. The molecule has 1 spiro atoms. The van der Waals surface area contributed by atoms with Crippen molar-refractivity contribution >= 4 is 43.6 Å². The molecule has 0 radical (unpaired) electrons. The zero-order valence-corrected chi connectivity index (χ0v) is 31.3. The van der Waals surface area contributed by atoms with Crippen LogP contribution < -0.4 is 0 Å². The monoisotopic (exact) mass is 716 g/mol. The van der Waals surface area contributed by atoms with Gasteiger partial charge in [-0.2, -0.15) is 0 Å². The fourth-order valence-electron chi connectivity index (χ4n) is 10.6. The Kier molecular flexibility index (Phi) is 6.89. The van der Waals surface area contributed by atoms with Crippen molar-refractivity contribution < 1.29 is 0 Å². The van der Waals surface area contributed by atoms with Crippen molar-refractivity contribution in [2.75, 3.05) is 0 Å². The fourth-order valence-corrected chi connectivity index (χ4v) is 10.6. The standard InChI is InChI=1S/C54H40N2/c1-4-14-36(15-5-1)37-22-26-41(27-23-37)55-50-21-11-9-19-43(50)45-32-38(24-28-51(45)55)39-25-29-52-46(33-39)47-34-49-44(35-53(47)56(52)40-16-6-2-7-17-40)42-18-8-10-20-48(42)54(49)30-12-3-13-31-54/h1-2,4-11,14-29,32-35H,3,12-13,30-31H2. The zero-order chi connectivity index (χ0) is 36.8. The molecule has 2 nitrogen and oxygen atoms in total. The summed E-state index contributed by atoms with van der Waals surface area (Å²) in [5.41, 5.74) is 18.3. The summed E-state index contributed by atoms with van der Waals surface area (Å²) in [7, 11) is 0. The molecule has 266 valence electrons. The van der Waals surface area contributed by atoms with Gasteiger partial charge in [0, 0.05) is 38.3 Å². The van der Waals surface area contributed by atoms with Crippen LogP contribution in [0.25, 0.3) is 88.4 Å². The molecule has 12 rings (SSSR count). The summed E-state index contributed by atoms with van der Waals surface area (Å²) < 4.78 is 4.91. The molecule has 10 aromatic rings. The molecule has 1 saturated carbocycles. The van der Waals surface area contributed by atoms with Crippen molar-refractivity contribution in [3.8, 4) is 44.8 Å². The summed E-state index contributed by atoms with van der Waals surface area (Å²) in [6, 6.07) is 67.9. The van der Waals surface area contributed by atoms with E-state index < -0.39 is 0 Å². The third-order valence-corrected chi connectivity index (χ3v) is 13.1. The lowest BCUT2D eigenvalue weighted by Gasteiger charge is -2.36. The third-order valence-electron chi connectivity index (χ3n) is 13.1. The van der Waals surface area contributed by atoms with Crippen LogP contribution in [-0.4, -0.2) is 9.13 Å². The number of nitrogens with zero attached hydrogens (tertiary/aromatic N) is 2. The molecular weight excluding hydrogens is 677 g/mol. The molecule has 2 heterocycles. The summed E-state index contributed by atoms with van der Waals surface area (Å²) in [6.07, 6.45) is 6.38. The maximum atomic E-state index is 2.60. The number of aromatic nitrogens is 2. The molecule has 0 atom stereocenters. The summed E-state index contributed by atoms with van der Waals surface area (Å²) in [5.74, 6) is 0. The van der Waals surface area contributed by atoms with Gasteiger partial charge >= 0.3 is 0 Å². The van der Waals surface area contributed by atoms with Gasteiger partial charge in [-0.05, 0) is 124 Å². The fraction of sp³-hybridized carbons (Fsp3) is 0.111. The van der Waals surface area contributed by atoms with Gasteiger partial charge < -0.3 is 9.13 Å². The van der Waals surface area contributed by atoms with Crippen molar-refractivity contribution in [3.05, 3.63) is 193 Å². The SMILES string of the molecule is c1ccc(-c2ccc(-n3c4ccccc4c4cc(-c5ccc6c(c5)c5cc7c(cc5n6-c5ccccc5)-c5ccccc5C75CCCCC5)ccc43)cc2)cc1. The average Bonchev–Trinajstić information content (AvgIpc) is 3.87. The van der Waals surface area contributed by atoms with Crippen LogP contribution >= 0.6 is 0 Å². The lowest BCUT2D eigenvalue weighted by molar-refractivity contribution is 0.353. The molecular formula is C54H40N2. The summed E-state index contributed by atoms with van der Waals surface area (Å²) >= 11 is 0. The number of fused-ring (bicyclic) bond motifs is 11. The predicted octanol–water partition coefficient (Wildman–Crippen LogP) is 14.4. The van der Waals surface area contributed by atoms with Crippen LogP contribution in [0.4, 0.5) is 0 Å². The molecule has 0 saturated heterocycles. The van der Waals surface area contributed by atoms with E-state index in [0.717, 1.165) is 0 Å². The van der Waals surface area contributed by atoms with Crippen molar-refractivity contribution in [1.29, 1.82) is 0 Å². The number of para-hydroxylation sites is 2. The second kappa shape index (κ2) is 12.2. The van der Waals surface area contributed by atoms with Gasteiger partial charge in [0.2, 0.25) is 0 Å². The molecule has 2 heteroatoms. The topological polar surface area (TPSA) is 9.86 Å². The van der Waals surface area contributed by atoms with Gasteiger partial charge in [0.15, 0.2) is 0 Å². The van der Waals surface area contributed by atoms with Gasteiger partial charge in [-0.25, -0.2) is 0 Å². The van der Waals surface area contributed by atoms with Gasteiger partial charge in [0.05, 0.1) is 22.1 Å². The maximum Gasteiger partial charge on any atom is 0.0547 e. The van der Waals surface area contributed by atoms with Crippen LogP contribution in [0.1, 0.15) is 43.2 Å². The van der Waals surface area contributed by atoms with E-state index in [-0.39, 0.29) is 5.41 Å². The van der Waals surface area contributed by atoms with Crippen LogP contribution in [0.15, 0.2) is 182 Å². The Morgan fingerprint density at radius 2 is 0.857 bits per heavy atom. The molecule has 0 amide bonds. The molecule has 2 aromatic heterocycles. The number of rotatable bonds is 4. The second-order valence-electron chi connectivity index (χ2n) is 16.0. The van der Waals surface area contributed by atoms with Crippen molar-refractivity contribution in [2.45, 2.75) is 37.5 Å². The van der Waals surface area contributed by atoms with Crippen LogP contribution in [0.3, 0.4) is 0 Å². The predicted molar refractivity (Wildman–Crippen MR) is 235 cm³/mol. The molecule has 0 unspecified atom stereocenters. The Morgan fingerprint density at radius 3 is 1.61 bits per heavy atom. The first-order chi connectivity index (χ1) is 27.7. The Labute approximate surface area is 326 Å². The third kappa shape index (κ3) is 4.56. The summed E-state index contributed by atoms with van der Waals surface area (Å²) in [5, 5.41) is 5.20. The van der Waals surface area contributed by atoms with Crippen molar-refractivity contribution in [3.63, 3.8) is 0 Å². The number of benzene rings is 8. The maximum absolute atomic E-state index is 2.60. The normalized spacial score (nSPS) is 14.6. The Hall–Kier alpha value is -6.64. The minimum atomic E-state index is 0.109. The van der Waals surface area contributed by atoms with Crippen molar-refractivity contribution in [2.24, 2.45) is 0 Å². The minimum absolute atomic E-state index is 0.109. The van der Waals surface area contributed by atoms with E-state index >= 15 is 0 Å². The van der Waals surface area contributed by atoms with Crippen LogP contribution in [0, 0.1) is 0 Å². The molecule has 1 fully saturated rings. The van der Waals surface area contributed by atoms with Gasteiger partial charge in [-0.1, -0.05) is 135 Å². The average molecular weight is 717 g/mol. The lowest BCUT2D eigenvalue weighted by Crippen LogP contribution is -2.27. The minimum Gasteiger partial charge on any atom is -0.309 e. The molecule has 0 bridgehead atoms. The largest absolute Gasteiger partial charge is 0.309 e. The highest BCUT2D eigenvalue weighted by atomic mass is 15.0. The first kappa shape index (κ1) is 31.7.